The lowest BCUT2D eigenvalue weighted by Gasteiger charge is -2.22. The number of ketones is 1. The van der Waals surface area contributed by atoms with E-state index >= 15 is 0 Å². The van der Waals surface area contributed by atoms with Gasteiger partial charge in [-0.1, -0.05) is 36.4 Å². The van der Waals surface area contributed by atoms with Gasteiger partial charge in [0.2, 0.25) is 0 Å². The molecule has 3 amide bonds. The number of amides is 3. The van der Waals surface area contributed by atoms with Gasteiger partial charge in [0.15, 0.2) is 5.78 Å². The SMILES string of the molecule is O=C(CN1C(=O)NC2(CCc3ccccc32)C1=O)c1ccc(I)cc1. The van der Waals surface area contributed by atoms with Gasteiger partial charge in [-0.25, -0.2) is 4.79 Å². The van der Waals surface area contributed by atoms with Crippen LogP contribution in [0.1, 0.15) is 27.9 Å². The van der Waals surface area contributed by atoms with Crippen molar-refractivity contribution in [2.75, 3.05) is 6.54 Å². The topological polar surface area (TPSA) is 66.5 Å². The number of imide groups is 1. The Morgan fingerprint density at radius 2 is 1.84 bits per heavy atom. The fraction of sp³-hybridized carbons (Fsp3) is 0.211. The number of hydrogen-bond acceptors (Lipinski definition) is 3. The van der Waals surface area contributed by atoms with Gasteiger partial charge >= 0.3 is 6.03 Å². The van der Waals surface area contributed by atoms with Crippen LogP contribution in [0.4, 0.5) is 4.79 Å². The van der Waals surface area contributed by atoms with Gasteiger partial charge in [0.25, 0.3) is 5.91 Å². The maximum Gasteiger partial charge on any atom is 0.325 e. The van der Waals surface area contributed by atoms with Crippen molar-refractivity contribution < 1.29 is 14.4 Å². The van der Waals surface area contributed by atoms with Gasteiger partial charge < -0.3 is 5.32 Å². The lowest BCUT2D eigenvalue weighted by molar-refractivity contribution is -0.131. The monoisotopic (exact) mass is 446 g/mol. The quantitative estimate of drug-likeness (QED) is 0.448. The van der Waals surface area contributed by atoms with E-state index in [-0.39, 0.29) is 18.2 Å². The molecule has 1 spiro atoms. The molecule has 1 aliphatic heterocycles. The molecule has 1 aliphatic carbocycles. The molecular weight excluding hydrogens is 431 g/mol. The van der Waals surface area contributed by atoms with Crippen molar-refractivity contribution in [3.8, 4) is 0 Å². The van der Waals surface area contributed by atoms with Crippen LogP contribution in [0.15, 0.2) is 48.5 Å². The summed E-state index contributed by atoms with van der Waals surface area (Å²) in [6, 6.07) is 14.2. The molecule has 6 heteroatoms. The summed E-state index contributed by atoms with van der Waals surface area (Å²) >= 11 is 2.16. The number of aryl methyl sites for hydroxylation is 1. The van der Waals surface area contributed by atoms with E-state index in [1.54, 1.807) is 12.1 Å². The van der Waals surface area contributed by atoms with Crippen LogP contribution in [0.5, 0.6) is 0 Å². The largest absolute Gasteiger partial charge is 0.325 e. The first kappa shape index (κ1) is 16.3. The third-order valence-electron chi connectivity index (χ3n) is 4.89. The number of halogens is 1. The smallest absolute Gasteiger partial charge is 0.319 e. The second-order valence-corrected chi connectivity index (χ2v) is 7.56. The summed E-state index contributed by atoms with van der Waals surface area (Å²) in [6.45, 7) is -0.241. The Morgan fingerprint density at radius 3 is 2.60 bits per heavy atom. The molecule has 2 aliphatic rings. The third kappa shape index (κ3) is 2.55. The van der Waals surface area contributed by atoms with E-state index in [4.69, 9.17) is 0 Å². The second-order valence-electron chi connectivity index (χ2n) is 6.31. The zero-order chi connectivity index (χ0) is 17.6. The first-order valence-electron chi connectivity index (χ1n) is 8.02. The molecule has 5 nitrogen and oxygen atoms in total. The van der Waals surface area contributed by atoms with Crippen molar-refractivity contribution in [3.63, 3.8) is 0 Å². The molecular formula is C19H15IN2O3. The number of Topliss-reactive ketones (excluding diaryl/α,β-unsaturated/α-hetero) is 1. The fourth-order valence-corrected chi connectivity index (χ4v) is 3.96. The molecule has 126 valence electrons. The molecule has 2 aromatic rings. The summed E-state index contributed by atoms with van der Waals surface area (Å²) in [6.07, 6.45) is 1.27. The zero-order valence-electron chi connectivity index (χ0n) is 13.3. The van der Waals surface area contributed by atoms with Crippen LogP contribution in [0.3, 0.4) is 0 Å². The highest BCUT2D eigenvalue weighted by atomic mass is 127. The molecule has 25 heavy (non-hydrogen) atoms. The maximum atomic E-state index is 13.0. The Bertz CT molecular complexity index is 894. The number of benzene rings is 2. The van der Waals surface area contributed by atoms with Crippen molar-refractivity contribution >= 4 is 40.3 Å². The first-order chi connectivity index (χ1) is 12.0. The van der Waals surface area contributed by atoms with Crippen LogP contribution in [0.25, 0.3) is 0 Å². The zero-order valence-corrected chi connectivity index (χ0v) is 15.4. The Kier molecular flexibility index (Phi) is 3.87. The Balaban J connectivity index is 1.61. The minimum Gasteiger partial charge on any atom is -0.319 e. The minimum absolute atomic E-state index is 0.241. The Hall–Kier alpha value is -2.22. The molecule has 1 N–H and O–H groups in total. The minimum atomic E-state index is -1.01. The Labute approximate surface area is 158 Å². The van der Waals surface area contributed by atoms with Gasteiger partial charge in [-0.15, -0.1) is 0 Å². The standard InChI is InChI=1S/C19H15IN2O3/c20-14-7-5-13(6-8-14)16(23)11-22-17(24)19(21-18(22)25)10-9-12-3-1-2-4-15(12)19/h1-8H,9-11H2,(H,21,25). The van der Waals surface area contributed by atoms with Crippen LogP contribution < -0.4 is 5.32 Å². The summed E-state index contributed by atoms with van der Waals surface area (Å²) in [5.74, 6) is -0.579. The average molecular weight is 446 g/mol. The summed E-state index contributed by atoms with van der Waals surface area (Å²) in [5, 5.41) is 2.84. The third-order valence-corrected chi connectivity index (χ3v) is 5.61. The van der Waals surface area contributed by atoms with E-state index in [0.29, 0.717) is 12.0 Å². The van der Waals surface area contributed by atoms with Crippen molar-refractivity contribution in [2.45, 2.75) is 18.4 Å². The van der Waals surface area contributed by atoms with Gasteiger partial charge in [0.05, 0.1) is 6.54 Å². The van der Waals surface area contributed by atoms with Crippen LogP contribution in [-0.4, -0.2) is 29.2 Å². The molecule has 1 fully saturated rings. The average Bonchev–Trinajstić information content (AvgIpc) is 3.09. The van der Waals surface area contributed by atoms with Crippen molar-refractivity contribution in [3.05, 3.63) is 68.8 Å². The summed E-state index contributed by atoms with van der Waals surface area (Å²) < 4.78 is 1.02. The van der Waals surface area contributed by atoms with E-state index in [2.05, 4.69) is 27.9 Å². The molecule has 0 radical (unpaired) electrons. The van der Waals surface area contributed by atoms with E-state index in [1.807, 2.05) is 36.4 Å². The molecule has 0 saturated carbocycles. The highest BCUT2D eigenvalue weighted by Crippen LogP contribution is 2.41. The van der Waals surface area contributed by atoms with Crippen LogP contribution in [-0.2, 0) is 16.8 Å². The second kappa shape index (κ2) is 5.94. The van der Waals surface area contributed by atoms with Gasteiger partial charge in [-0.2, -0.15) is 0 Å². The number of fused-ring (bicyclic) bond motifs is 2. The number of nitrogens with zero attached hydrogens (tertiary/aromatic N) is 1. The number of urea groups is 1. The predicted molar refractivity (Wildman–Crippen MR) is 100 cm³/mol. The number of nitrogens with one attached hydrogen (secondary N) is 1. The maximum absolute atomic E-state index is 13.0. The number of carbonyl (C=O) groups excluding carboxylic acids is 3. The lowest BCUT2D eigenvalue weighted by atomic mass is 9.92. The lowest BCUT2D eigenvalue weighted by Crippen LogP contribution is -2.42. The summed E-state index contributed by atoms with van der Waals surface area (Å²) in [4.78, 5) is 38.9. The van der Waals surface area contributed by atoms with Crippen molar-refractivity contribution in [2.24, 2.45) is 0 Å². The molecule has 2 aromatic carbocycles. The van der Waals surface area contributed by atoms with Gasteiger partial charge in [-0.3, -0.25) is 14.5 Å². The van der Waals surface area contributed by atoms with Gasteiger partial charge in [0, 0.05) is 9.13 Å². The highest BCUT2D eigenvalue weighted by molar-refractivity contribution is 14.1. The molecule has 4 rings (SSSR count). The fourth-order valence-electron chi connectivity index (χ4n) is 3.60. The Morgan fingerprint density at radius 1 is 1.12 bits per heavy atom. The molecule has 0 aromatic heterocycles. The molecule has 0 bridgehead atoms. The van der Waals surface area contributed by atoms with E-state index in [1.165, 1.54) is 0 Å². The van der Waals surface area contributed by atoms with Crippen molar-refractivity contribution in [1.82, 2.24) is 10.2 Å². The molecule has 1 saturated heterocycles. The van der Waals surface area contributed by atoms with Gasteiger partial charge in [0.1, 0.15) is 5.54 Å². The predicted octanol–water partition coefficient (Wildman–Crippen LogP) is 2.87. The normalized spacial score (nSPS) is 21.6. The number of carbonyl (C=O) groups is 3. The van der Waals surface area contributed by atoms with E-state index < -0.39 is 11.6 Å². The van der Waals surface area contributed by atoms with Crippen LogP contribution in [0, 0.1) is 3.57 Å². The van der Waals surface area contributed by atoms with Crippen LogP contribution >= 0.6 is 22.6 Å². The molecule has 1 unspecified atom stereocenters. The number of hydrogen-bond donors (Lipinski definition) is 1. The first-order valence-corrected chi connectivity index (χ1v) is 9.10. The van der Waals surface area contributed by atoms with Gasteiger partial charge in [-0.05, 0) is 58.7 Å². The highest BCUT2D eigenvalue weighted by Gasteiger charge is 2.55. The van der Waals surface area contributed by atoms with Crippen molar-refractivity contribution in [1.29, 1.82) is 0 Å². The van der Waals surface area contributed by atoms with E-state index in [9.17, 15) is 14.4 Å². The molecule has 1 atom stereocenters. The van der Waals surface area contributed by atoms with E-state index in [0.717, 1.165) is 26.0 Å². The molecule has 1 heterocycles. The summed E-state index contributed by atoms with van der Waals surface area (Å²) in [5.41, 5.74) is 1.40. The van der Waals surface area contributed by atoms with Crippen LogP contribution in [0.2, 0.25) is 0 Å². The number of rotatable bonds is 3. The summed E-state index contributed by atoms with van der Waals surface area (Å²) in [7, 11) is 0.